The number of hydrogen-bond donors (Lipinski definition) is 1. The lowest BCUT2D eigenvalue weighted by molar-refractivity contribution is 0.0699. The van der Waals surface area contributed by atoms with Gasteiger partial charge in [0.2, 0.25) is 0 Å². The number of nitrogens with zero attached hydrogens (tertiary/aromatic N) is 2. The number of aromatic nitrogens is 2. The summed E-state index contributed by atoms with van der Waals surface area (Å²) in [5, 5.41) is 10.1. The smallest absolute Gasteiger partial charge is 0.337 e. The number of carboxylic acids is 1. The van der Waals surface area contributed by atoms with Crippen molar-refractivity contribution in [3.05, 3.63) is 65.1 Å². The van der Waals surface area contributed by atoms with Crippen molar-refractivity contribution < 1.29 is 9.90 Å². The maximum absolute atomic E-state index is 11.4. The number of pyridine rings is 1. The van der Waals surface area contributed by atoms with Crippen molar-refractivity contribution in [2.45, 2.75) is 20.4 Å². The summed E-state index contributed by atoms with van der Waals surface area (Å²) >= 11 is 0. The third-order valence-corrected chi connectivity index (χ3v) is 3.61. The van der Waals surface area contributed by atoms with E-state index in [1.807, 2.05) is 54.8 Å². The molecule has 0 radical (unpaired) electrons. The summed E-state index contributed by atoms with van der Waals surface area (Å²) in [6.45, 7) is 4.51. The highest BCUT2D eigenvalue weighted by Crippen LogP contribution is 2.25. The summed E-state index contributed by atoms with van der Waals surface area (Å²) < 4.78 is 1.97. The fourth-order valence-corrected chi connectivity index (χ4v) is 2.70. The molecular weight excluding hydrogens is 264 g/mol. The molecule has 0 aliphatic carbocycles. The number of carboxylic acid groups (broad SMARTS) is 1. The molecule has 0 fully saturated rings. The first kappa shape index (κ1) is 13.4. The van der Waals surface area contributed by atoms with Gasteiger partial charge in [0.15, 0.2) is 0 Å². The van der Waals surface area contributed by atoms with Crippen molar-refractivity contribution in [2.24, 2.45) is 0 Å². The van der Waals surface area contributed by atoms with Gasteiger partial charge < -0.3 is 9.67 Å². The van der Waals surface area contributed by atoms with Crippen LogP contribution in [0.2, 0.25) is 0 Å². The minimum absolute atomic E-state index is 0.335. The van der Waals surface area contributed by atoms with Gasteiger partial charge in [-0.2, -0.15) is 0 Å². The molecule has 0 aliphatic rings. The van der Waals surface area contributed by atoms with Gasteiger partial charge in [-0.05, 0) is 31.5 Å². The Hall–Kier alpha value is -2.62. The Morgan fingerprint density at radius 2 is 1.95 bits per heavy atom. The van der Waals surface area contributed by atoms with E-state index in [4.69, 9.17) is 0 Å². The van der Waals surface area contributed by atoms with Crippen LogP contribution in [0.4, 0.5) is 0 Å². The molecule has 0 aliphatic heterocycles. The van der Waals surface area contributed by atoms with Gasteiger partial charge in [0.05, 0.1) is 23.3 Å². The monoisotopic (exact) mass is 280 g/mol. The number of fused-ring (bicyclic) bond motifs is 1. The molecule has 2 heterocycles. The number of rotatable bonds is 3. The number of carbonyl (C=O) groups is 1. The maximum Gasteiger partial charge on any atom is 0.337 e. The lowest BCUT2D eigenvalue weighted by Crippen LogP contribution is -2.02. The first-order valence-corrected chi connectivity index (χ1v) is 6.80. The maximum atomic E-state index is 11.4. The predicted molar refractivity (Wildman–Crippen MR) is 81.7 cm³/mol. The molecule has 0 amide bonds. The molecule has 0 saturated carbocycles. The van der Waals surface area contributed by atoms with Crippen molar-refractivity contribution in [1.29, 1.82) is 0 Å². The van der Waals surface area contributed by atoms with E-state index in [1.54, 1.807) is 6.20 Å². The molecule has 1 N–H and O–H groups in total. The first-order chi connectivity index (χ1) is 10.1. The van der Waals surface area contributed by atoms with E-state index in [9.17, 15) is 9.90 Å². The van der Waals surface area contributed by atoms with Gasteiger partial charge >= 0.3 is 5.97 Å². The Morgan fingerprint density at radius 1 is 1.19 bits per heavy atom. The zero-order chi connectivity index (χ0) is 15.0. The van der Waals surface area contributed by atoms with Gasteiger partial charge in [-0.1, -0.05) is 24.3 Å². The van der Waals surface area contributed by atoms with Gasteiger partial charge in [-0.3, -0.25) is 4.98 Å². The third-order valence-electron chi connectivity index (χ3n) is 3.61. The Labute approximate surface area is 122 Å². The van der Waals surface area contributed by atoms with E-state index in [0.29, 0.717) is 12.1 Å². The second-order valence-electron chi connectivity index (χ2n) is 5.22. The molecule has 21 heavy (non-hydrogen) atoms. The van der Waals surface area contributed by atoms with Crippen LogP contribution < -0.4 is 0 Å². The molecule has 0 spiro atoms. The largest absolute Gasteiger partial charge is 0.478 e. The van der Waals surface area contributed by atoms with Gasteiger partial charge in [-0.15, -0.1) is 0 Å². The molecule has 0 atom stereocenters. The first-order valence-electron chi connectivity index (χ1n) is 6.80. The van der Waals surface area contributed by atoms with Gasteiger partial charge in [0, 0.05) is 17.3 Å². The van der Waals surface area contributed by atoms with E-state index in [-0.39, 0.29) is 0 Å². The summed E-state index contributed by atoms with van der Waals surface area (Å²) in [5.74, 6) is -0.901. The normalized spacial score (nSPS) is 11.0. The Morgan fingerprint density at radius 3 is 2.67 bits per heavy atom. The fourth-order valence-electron chi connectivity index (χ4n) is 2.70. The highest BCUT2D eigenvalue weighted by atomic mass is 16.4. The summed E-state index contributed by atoms with van der Waals surface area (Å²) in [5.41, 5.74) is 4.23. The molecule has 0 unspecified atom stereocenters. The minimum Gasteiger partial charge on any atom is -0.478 e. The minimum atomic E-state index is -0.901. The molecule has 4 nitrogen and oxygen atoms in total. The van der Waals surface area contributed by atoms with E-state index in [2.05, 4.69) is 4.98 Å². The molecule has 2 aromatic heterocycles. The van der Waals surface area contributed by atoms with Crippen molar-refractivity contribution in [3.8, 4) is 0 Å². The van der Waals surface area contributed by atoms with Gasteiger partial charge in [-0.25, -0.2) is 4.79 Å². The lowest BCUT2D eigenvalue weighted by atomic mass is 10.1. The summed E-state index contributed by atoms with van der Waals surface area (Å²) in [6, 6.07) is 11.6. The Balaban J connectivity index is 2.16. The van der Waals surface area contributed by atoms with Crippen LogP contribution in [-0.2, 0) is 6.54 Å². The van der Waals surface area contributed by atoms with E-state index in [1.165, 1.54) is 0 Å². The average molecular weight is 280 g/mol. The highest BCUT2D eigenvalue weighted by molar-refractivity contribution is 6.04. The SMILES string of the molecule is Cc1cccc(Cn2cc(C(=O)O)c3cccc(C)c32)n1. The van der Waals surface area contributed by atoms with Crippen molar-refractivity contribution in [1.82, 2.24) is 9.55 Å². The molecule has 4 heteroatoms. The van der Waals surface area contributed by atoms with Crippen LogP contribution in [-0.4, -0.2) is 20.6 Å². The van der Waals surface area contributed by atoms with Crippen molar-refractivity contribution in [2.75, 3.05) is 0 Å². The number of aromatic carboxylic acids is 1. The van der Waals surface area contributed by atoms with Crippen molar-refractivity contribution >= 4 is 16.9 Å². The second-order valence-corrected chi connectivity index (χ2v) is 5.22. The molecule has 3 rings (SSSR count). The zero-order valence-electron chi connectivity index (χ0n) is 12.0. The molecule has 0 saturated heterocycles. The Bertz CT molecular complexity index is 834. The predicted octanol–water partition coefficient (Wildman–Crippen LogP) is 3.40. The topological polar surface area (TPSA) is 55.1 Å². The van der Waals surface area contributed by atoms with Gasteiger partial charge in [0.25, 0.3) is 0 Å². The van der Waals surface area contributed by atoms with Gasteiger partial charge in [0.1, 0.15) is 0 Å². The van der Waals surface area contributed by atoms with Crippen LogP contribution in [0.5, 0.6) is 0 Å². The molecular formula is C17H16N2O2. The van der Waals surface area contributed by atoms with Crippen LogP contribution >= 0.6 is 0 Å². The summed E-state index contributed by atoms with van der Waals surface area (Å²) in [4.78, 5) is 15.9. The average Bonchev–Trinajstić information content (AvgIpc) is 2.79. The highest BCUT2D eigenvalue weighted by Gasteiger charge is 2.15. The molecule has 106 valence electrons. The van der Waals surface area contributed by atoms with Crippen LogP contribution in [0.15, 0.2) is 42.6 Å². The van der Waals surface area contributed by atoms with E-state index < -0.39 is 5.97 Å². The van der Waals surface area contributed by atoms with Crippen LogP contribution in [0, 0.1) is 13.8 Å². The van der Waals surface area contributed by atoms with Crippen molar-refractivity contribution in [3.63, 3.8) is 0 Å². The third kappa shape index (κ3) is 2.40. The number of benzene rings is 1. The summed E-state index contributed by atoms with van der Waals surface area (Å²) in [7, 11) is 0. The molecule has 0 bridgehead atoms. The van der Waals surface area contributed by atoms with E-state index >= 15 is 0 Å². The van der Waals surface area contributed by atoms with E-state index in [0.717, 1.165) is 27.9 Å². The zero-order valence-corrected chi connectivity index (χ0v) is 12.0. The second kappa shape index (κ2) is 5.05. The molecule has 1 aromatic carbocycles. The quantitative estimate of drug-likeness (QED) is 0.800. The number of aryl methyl sites for hydroxylation is 2. The van der Waals surface area contributed by atoms with Crippen LogP contribution in [0.25, 0.3) is 10.9 Å². The summed E-state index contributed by atoms with van der Waals surface area (Å²) in [6.07, 6.45) is 1.70. The molecule has 3 aromatic rings. The number of hydrogen-bond acceptors (Lipinski definition) is 2. The standard InChI is InChI=1S/C17H16N2O2/c1-11-5-3-8-14-15(17(20)21)10-19(16(11)14)9-13-7-4-6-12(2)18-13/h3-8,10H,9H2,1-2H3,(H,20,21). The Kier molecular flexibility index (Phi) is 3.22. The fraction of sp³-hybridized carbons (Fsp3) is 0.176. The lowest BCUT2D eigenvalue weighted by Gasteiger charge is -2.07. The van der Waals surface area contributed by atoms with Crippen LogP contribution in [0.1, 0.15) is 27.3 Å². The van der Waals surface area contributed by atoms with Crippen LogP contribution in [0.3, 0.4) is 0 Å². The number of para-hydroxylation sites is 1.